The van der Waals surface area contributed by atoms with E-state index in [4.69, 9.17) is 0 Å². The van der Waals surface area contributed by atoms with Crippen LogP contribution in [0.4, 0.5) is 5.69 Å². The Hall–Kier alpha value is -2.35. The lowest BCUT2D eigenvalue weighted by atomic mass is 10.1. The molecule has 0 saturated carbocycles. The molecule has 0 spiro atoms. The van der Waals surface area contributed by atoms with Crippen LogP contribution in [-0.4, -0.2) is 5.71 Å². The molecule has 82 valence electrons. The predicted molar refractivity (Wildman–Crippen MR) is 72.1 cm³/mol. The van der Waals surface area contributed by atoms with Gasteiger partial charge in [0.05, 0.1) is 11.4 Å². The lowest BCUT2D eigenvalue weighted by Crippen LogP contribution is -1.99. The average molecular weight is 220 g/mol. The van der Waals surface area contributed by atoms with E-state index in [2.05, 4.69) is 34.8 Å². The first kappa shape index (κ1) is 9.85. The summed E-state index contributed by atoms with van der Waals surface area (Å²) in [6, 6.07) is 18.3. The van der Waals surface area contributed by atoms with Crippen molar-refractivity contribution >= 4 is 17.5 Å². The lowest BCUT2D eigenvalue weighted by molar-refractivity contribution is 1.34. The van der Waals surface area contributed by atoms with Crippen molar-refractivity contribution in [1.82, 2.24) is 0 Å². The molecular weight excluding hydrogens is 208 g/mol. The van der Waals surface area contributed by atoms with Crippen molar-refractivity contribution in [3.8, 4) is 0 Å². The summed E-state index contributed by atoms with van der Waals surface area (Å²) in [5.41, 5.74) is 7.35. The van der Waals surface area contributed by atoms with Crippen LogP contribution in [-0.2, 0) is 0 Å². The Balaban J connectivity index is 2.00. The molecule has 0 aromatic heterocycles. The number of nitrogens with one attached hydrogen (secondary N) is 1. The van der Waals surface area contributed by atoms with Crippen molar-refractivity contribution in [2.24, 2.45) is 5.10 Å². The maximum absolute atomic E-state index is 4.41. The zero-order chi connectivity index (χ0) is 11.5. The van der Waals surface area contributed by atoms with Gasteiger partial charge in [0.25, 0.3) is 0 Å². The maximum Gasteiger partial charge on any atom is 0.0905 e. The average Bonchev–Trinajstić information content (AvgIpc) is 2.62. The number of rotatable bonds is 1. The van der Waals surface area contributed by atoms with E-state index in [1.165, 1.54) is 0 Å². The molecule has 0 amide bonds. The number of hydrogen-bond donors (Lipinski definition) is 1. The molecule has 0 saturated heterocycles. The van der Waals surface area contributed by atoms with Crippen molar-refractivity contribution in [3.63, 3.8) is 0 Å². The number of allylic oxidation sites excluding steroid dienone is 1. The van der Waals surface area contributed by atoms with Crippen molar-refractivity contribution in [3.05, 3.63) is 71.8 Å². The number of nitrogens with zero attached hydrogens (tertiary/aromatic N) is 1. The van der Waals surface area contributed by atoms with Crippen molar-refractivity contribution < 1.29 is 0 Å². The second-order valence-electron chi connectivity index (χ2n) is 3.90. The molecule has 2 aromatic carbocycles. The van der Waals surface area contributed by atoms with Gasteiger partial charge < -0.3 is 0 Å². The van der Waals surface area contributed by atoms with Gasteiger partial charge in [0, 0.05) is 5.56 Å². The van der Waals surface area contributed by atoms with E-state index in [1.807, 2.05) is 42.5 Å². The van der Waals surface area contributed by atoms with Gasteiger partial charge >= 0.3 is 0 Å². The Bertz CT molecular complexity index is 583. The molecule has 2 heteroatoms. The third-order valence-corrected chi connectivity index (χ3v) is 2.75. The molecule has 0 atom stereocenters. The van der Waals surface area contributed by atoms with Crippen molar-refractivity contribution in [1.29, 1.82) is 0 Å². The molecule has 1 N–H and O–H groups in total. The van der Waals surface area contributed by atoms with E-state index >= 15 is 0 Å². The Morgan fingerprint density at radius 3 is 2.41 bits per heavy atom. The molecule has 2 nitrogen and oxygen atoms in total. The monoisotopic (exact) mass is 220 g/mol. The fourth-order valence-corrected chi connectivity index (χ4v) is 1.84. The van der Waals surface area contributed by atoms with Gasteiger partial charge in [-0.2, -0.15) is 5.10 Å². The minimum atomic E-state index is 0.946. The topological polar surface area (TPSA) is 24.4 Å². The molecule has 17 heavy (non-hydrogen) atoms. The summed E-state index contributed by atoms with van der Waals surface area (Å²) < 4.78 is 0. The highest BCUT2D eigenvalue weighted by Gasteiger charge is 2.05. The number of benzene rings is 2. The van der Waals surface area contributed by atoms with Crippen LogP contribution in [0.2, 0.25) is 0 Å². The SMILES string of the molecule is C1=Cc2ccccc2NN=C1c1ccccc1. The first-order chi connectivity index (χ1) is 8.43. The van der Waals surface area contributed by atoms with Gasteiger partial charge in [-0.15, -0.1) is 0 Å². The second kappa shape index (κ2) is 4.26. The van der Waals surface area contributed by atoms with Crippen molar-refractivity contribution in [2.75, 3.05) is 5.43 Å². The minimum absolute atomic E-state index is 0.946. The third-order valence-electron chi connectivity index (χ3n) is 2.75. The summed E-state index contributed by atoms with van der Waals surface area (Å²) in [6.07, 6.45) is 4.12. The molecule has 0 bridgehead atoms. The number of anilines is 1. The Morgan fingerprint density at radius 1 is 0.765 bits per heavy atom. The quantitative estimate of drug-likeness (QED) is 0.781. The summed E-state index contributed by atoms with van der Waals surface area (Å²) in [7, 11) is 0. The minimum Gasteiger partial charge on any atom is -0.277 e. The molecule has 0 fully saturated rings. The van der Waals surface area contributed by atoms with E-state index in [9.17, 15) is 0 Å². The first-order valence-corrected chi connectivity index (χ1v) is 5.60. The first-order valence-electron chi connectivity index (χ1n) is 5.60. The fourth-order valence-electron chi connectivity index (χ4n) is 1.84. The van der Waals surface area contributed by atoms with Crippen LogP contribution in [0.25, 0.3) is 6.08 Å². The predicted octanol–water partition coefficient (Wildman–Crippen LogP) is 3.53. The number of fused-ring (bicyclic) bond motifs is 1. The summed E-state index contributed by atoms with van der Waals surface area (Å²) in [4.78, 5) is 0. The third kappa shape index (κ3) is 1.97. The van der Waals surface area contributed by atoms with Gasteiger partial charge in [0.15, 0.2) is 0 Å². The molecule has 0 unspecified atom stereocenters. The summed E-state index contributed by atoms with van der Waals surface area (Å²) in [5.74, 6) is 0. The van der Waals surface area contributed by atoms with E-state index in [0.29, 0.717) is 0 Å². The van der Waals surface area contributed by atoms with Crippen LogP contribution in [0.15, 0.2) is 65.8 Å². The summed E-state index contributed by atoms with van der Waals surface area (Å²) in [6.45, 7) is 0. The van der Waals surface area contributed by atoms with E-state index in [1.54, 1.807) is 0 Å². The normalized spacial score (nSPS) is 13.3. The zero-order valence-corrected chi connectivity index (χ0v) is 9.30. The number of para-hydroxylation sites is 1. The Morgan fingerprint density at radius 2 is 1.53 bits per heavy atom. The zero-order valence-electron chi connectivity index (χ0n) is 9.30. The number of hydrogen-bond acceptors (Lipinski definition) is 2. The highest BCUT2D eigenvalue weighted by molar-refractivity contribution is 6.11. The summed E-state index contributed by atoms with van der Waals surface area (Å²) >= 11 is 0. The van der Waals surface area contributed by atoms with Crippen LogP contribution in [0, 0.1) is 0 Å². The van der Waals surface area contributed by atoms with Gasteiger partial charge in [-0.05, 0) is 17.7 Å². The van der Waals surface area contributed by atoms with Crippen molar-refractivity contribution in [2.45, 2.75) is 0 Å². The fraction of sp³-hybridized carbons (Fsp3) is 0. The molecule has 3 rings (SSSR count). The van der Waals surface area contributed by atoms with Gasteiger partial charge in [0.2, 0.25) is 0 Å². The van der Waals surface area contributed by atoms with E-state index < -0.39 is 0 Å². The maximum atomic E-state index is 4.41. The van der Waals surface area contributed by atoms with E-state index in [0.717, 1.165) is 22.5 Å². The standard InChI is InChI=1S/C15H12N2/c1-2-6-12(7-3-1)15-11-10-13-8-4-5-9-14(13)16-17-15/h1-11,16H. The van der Waals surface area contributed by atoms with Crippen LogP contribution >= 0.6 is 0 Å². The van der Waals surface area contributed by atoms with Gasteiger partial charge in [-0.25, -0.2) is 0 Å². The Labute approximate surface area is 100 Å². The van der Waals surface area contributed by atoms with Crippen LogP contribution in [0.1, 0.15) is 11.1 Å². The molecule has 0 radical (unpaired) electrons. The molecular formula is C15H12N2. The largest absolute Gasteiger partial charge is 0.277 e. The molecule has 1 heterocycles. The highest BCUT2D eigenvalue weighted by Crippen LogP contribution is 2.20. The molecule has 1 aliphatic heterocycles. The Kier molecular flexibility index (Phi) is 2.47. The lowest BCUT2D eigenvalue weighted by Gasteiger charge is -2.02. The van der Waals surface area contributed by atoms with Crippen LogP contribution < -0.4 is 5.43 Å². The van der Waals surface area contributed by atoms with Gasteiger partial charge in [0.1, 0.15) is 0 Å². The van der Waals surface area contributed by atoms with Gasteiger partial charge in [-0.1, -0.05) is 54.6 Å². The molecule has 0 aliphatic carbocycles. The van der Waals surface area contributed by atoms with Gasteiger partial charge in [-0.3, -0.25) is 5.43 Å². The molecule has 2 aromatic rings. The molecule has 1 aliphatic rings. The smallest absolute Gasteiger partial charge is 0.0905 e. The highest BCUT2D eigenvalue weighted by atomic mass is 15.3. The second-order valence-corrected chi connectivity index (χ2v) is 3.90. The summed E-state index contributed by atoms with van der Waals surface area (Å²) in [5, 5.41) is 4.41. The van der Waals surface area contributed by atoms with Crippen LogP contribution in [0.3, 0.4) is 0 Å². The van der Waals surface area contributed by atoms with Crippen LogP contribution in [0.5, 0.6) is 0 Å². The van der Waals surface area contributed by atoms with E-state index in [-0.39, 0.29) is 0 Å². The number of hydrazone groups is 1.